The second-order valence-corrected chi connectivity index (χ2v) is 6.83. The lowest BCUT2D eigenvalue weighted by atomic mass is 10.1. The van der Waals surface area contributed by atoms with Crippen LogP contribution in [0.25, 0.3) is 11.0 Å². The van der Waals surface area contributed by atoms with Gasteiger partial charge in [0.15, 0.2) is 0 Å². The van der Waals surface area contributed by atoms with Gasteiger partial charge in [0.25, 0.3) is 5.91 Å². The van der Waals surface area contributed by atoms with E-state index in [2.05, 4.69) is 43.3 Å². The van der Waals surface area contributed by atoms with Gasteiger partial charge in [-0.05, 0) is 49.7 Å². The average Bonchev–Trinajstić information content (AvgIpc) is 2.95. The molecule has 1 heterocycles. The molecule has 0 saturated heterocycles. The fourth-order valence-corrected chi connectivity index (χ4v) is 3.09. The number of rotatable bonds is 4. The molecule has 3 aromatic rings. The molecule has 0 aliphatic carbocycles. The van der Waals surface area contributed by atoms with Crippen LogP contribution in [0.2, 0.25) is 0 Å². The van der Waals surface area contributed by atoms with Crippen LogP contribution in [0.15, 0.2) is 46.9 Å². The van der Waals surface area contributed by atoms with Crippen molar-refractivity contribution in [1.82, 2.24) is 20.4 Å². The first-order valence-corrected chi connectivity index (χ1v) is 9.07. The maximum absolute atomic E-state index is 12.3. The molecule has 0 atom stereocenters. The minimum atomic E-state index is -0.375. The van der Waals surface area contributed by atoms with Crippen molar-refractivity contribution in [3.63, 3.8) is 0 Å². The molecule has 1 aromatic heterocycles. The van der Waals surface area contributed by atoms with E-state index in [1.807, 2.05) is 37.3 Å². The summed E-state index contributed by atoms with van der Waals surface area (Å²) >= 11 is 3.35. The second kappa shape index (κ2) is 7.70. The molecule has 6 nitrogen and oxygen atoms in total. The number of imidazole rings is 1. The predicted molar refractivity (Wildman–Crippen MR) is 104 cm³/mol. The van der Waals surface area contributed by atoms with E-state index in [1.165, 1.54) is 0 Å². The highest BCUT2D eigenvalue weighted by Gasteiger charge is 2.12. The van der Waals surface area contributed by atoms with Crippen molar-refractivity contribution in [3.05, 3.63) is 63.9 Å². The Bertz CT molecular complexity index is 964. The highest BCUT2D eigenvalue weighted by molar-refractivity contribution is 9.10. The van der Waals surface area contributed by atoms with Crippen molar-refractivity contribution in [3.8, 4) is 0 Å². The van der Waals surface area contributed by atoms with Gasteiger partial charge in [0.1, 0.15) is 5.82 Å². The van der Waals surface area contributed by atoms with E-state index in [0.717, 1.165) is 33.4 Å². The number of halogens is 1. The number of hydrogen-bond acceptors (Lipinski definition) is 3. The normalized spacial score (nSPS) is 10.7. The van der Waals surface area contributed by atoms with Gasteiger partial charge in [-0.15, -0.1) is 0 Å². The number of nitrogens with one attached hydrogen (secondary N) is 2. The summed E-state index contributed by atoms with van der Waals surface area (Å²) in [6.07, 6.45) is 0.187. The molecule has 134 valence electrons. The number of fused-ring (bicyclic) bond motifs is 1. The first-order chi connectivity index (χ1) is 12.5. The zero-order valence-electron chi connectivity index (χ0n) is 14.5. The molecule has 0 aliphatic heterocycles. The van der Waals surface area contributed by atoms with Crippen LogP contribution in [0.1, 0.15) is 28.7 Å². The fourth-order valence-electron chi connectivity index (χ4n) is 2.82. The third-order valence-corrected chi connectivity index (χ3v) is 4.64. The van der Waals surface area contributed by atoms with E-state index in [9.17, 15) is 9.59 Å². The zero-order chi connectivity index (χ0) is 18.7. The molecule has 0 radical (unpaired) electrons. The standard InChI is InChI=1S/C19H19BrN4O2/c1-3-24-12(2)21-16-11-14(6-9-17(16)24)19(26)23-22-18(25)10-13-4-7-15(20)8-5-13/h4-9,11H,3,10H2,1-2H3,(H,22,25)(H,23,26). The van der Waals surface area contributed by atoms with Crippen LogP contribution < -0.4 is 10.9 Å². The molecule has 26 heavy (non-hydrogen) atoms. The molecule has 0 saturated carbocycles. The summed E-state index contributed by atoms with van der Waals surface area (Å²) < 4.78 is 3.03. The van der Waals surface area contributed by atoms with Crippen LogP contribution in [0.5, 0.6) is 0 Å². The van der Waals surface area contributed by atoms with Crippen molar-refractivity contribution in [2.75, 3.05) is 0 Å². The van der Waals surface area contributed by atoms with Crippen molar-refractivity contribution in [2.24, 2.45) is 0 Å². The van der Waals surface area contributed by atoms with Gasteiger partial charge in [0.05, 0.1) is 17.5 Å². The van der Waals surface area contributed by atoms with Crippen LogP contribution in [0, 0.1) is 6.92 Å². The third kappa shape index (κ3) is 3.94. The van der Waals surface area contributed by atoms with E-state index >= 15 is 0 Å². The topological polar surface area (TPSA) is 76.0 Å². The Labute approximate surface area is 159 Å². The molecule has 2 N–H and O–H groups in total. The van der Waals surface area contributed by atoms with Gasteiger partial charge in [-0.2, -0.15) is 0 Å². The van der Waals surface area contributed by atoms with Crippen molar-refractivity contribution in [1.29, 1.82) is 0 Å². The summed E-state index contributed by atoms with van der Waals surface area (Å²) in [5, 5.41) is 0. The van der Waals surface area contributed by atoms with E-state index in [4.69, 9.17) is 0 Å². The zero-order valence-corrected chi connectivity index (χ0v) is 16.1. The molecule has 0 spiro atoms. The van der Waals surface area contributed by atoms with Crippen LogP contribution in [0.3, 0.4) is 0 Å². The molecule has 0 unspecified atom stereocenters. The van der Waals surface area contributed by atoms with Crippen molar-refractivity contribution >= 4 is 38.8 Å². The Morgan fingerprint density at radius 3 is 2.54 bits per heavy atom. The van der Waals surface area contributed by atoms with Gasteiger partial charge in [-0.3, -0.25) is 20.4 Å². The molecular weight excluding hydrogens is 396 g/mol. The van der Waals surface area contributed by atoms with Crippen LogP contribution in [-0.2, 0) is 17.8 Å². The van der Waals surface area contributed by atoms with Crippen LogP contribution >= 0.6 is 15.9 Å². The number of aryl methyl sites for hydroxylation is 2. The molecule has 0 bridgehead atoms. The van der Waals surface area contributed by atoms with E-state index in [1.54, 1.807) is 12.1 Å². The van der Waals surface area contributed by atoms with Gasteiger partial charge in [0, 0.05) is 16.6 Å². The van der Waals surface area contributed by atoms with E-state index in [0.29, 0.717) is 5.56 Å². The van der Waals surface area contributed by atoms with Gasteiger partial charge in [0.2, 0.25) is 5.91 Å². The fraction of sp³-hybridized carbons (Fsp3) is 0.211. The van der Waals surface area contributed by atoms with E-state index < -0.39 is 0 Å². The molecule has 3 rings (SSSR count). The smallest absolute Gasteiger partial charge is 0.269 e. The van der Waals surface area contributed by atoms with Crippen LogP contribution in [-0.4, -0.2) is 21.4 Å². The average molecular weight is 415 g/mol. The Morgan fingerprint density at radius 2 is 1.85 bits per heavy atom. The highest BCUT2D eigenvalue weighted by Crippen LogP contribution is 2.17. The number of aromatic nitrogens is 2. The molecular formula is C19H19BrN4O2. The van der Waals surface area contributed by atoms with Crippen molar-refractivity contribution in [2.45, 2.75) is 26.8 Å². The monoisotopic (exact) mass is 414 g/mol. The lowest BCUT2D eigenvalue weighted by Crippen LogP contribution is -2.42. The first-order valence-electron chi connectivity index (χ1n) is 8.28. The molecule has 0 aliphatic rings. The first kappa shape index (κ1) is 18.1. The summed E-state index contributed by atoms with van der Waals surface area (Å²) in [4.78, 5) is 28.7. The largest absolute Gasteiger partial charge is 0.329 e. The van der Waals surface area contributed by atoms with Gasteiger partial charge >= 0.3 is 0 Å². The number of carbonyl (C=O) groups is 2. The number of benzene rings is 2. The minimum Gasteiger partial charge on any atom is -0.329 e. The lowest BCUT2D eigenvalue weighted by Gasteiger charge is -2.08. The summed E-state index contributed by atoms with van der Waals surface area (Å²) in [5.74, 6) is 0.246. The Kier molecular flexibility index (Phi) is 5.37. The number of carbonyl (C=O) groups excluding carboxylic acids is 2. The number of hydrogen-bond donors (Lipinski definition) is 2. The van der Waals surface area contributed by atoms with Gasteiger partial charge in [-0.1, -0.05) is 28.1 Å². The Morgan fingerprint density at radius 1 is 1.12 bits per heavy atom. The summed E-state index contributed by atoms with van der Waals surface area (Å²) in [6.45, 7) is 4.81. The maximum Gasteiger partial charge on any atom is 0.269 e. The summed E-state index contributed by atoms with van der Waals surface area (Å²) in [7, 11) is 0. The number of nitrogens with zero attached hydrogens (tertiary/aromatic N) is 2. The minimum absolute atomic E-state index is 0.187. The molecule has 2 aromatic carbocycles. The number of amides is 2. The molecule has 2 amide bonds. The summed E-state index contributed by atoms with van der Waals surface area (Å²) in [5.41, 5.74) is 7.95. The Balaban J connectivity index is 1.63. The van der Waals surface area contributed by atoms with E-state index in [-0.39, 0.29) is 18.2 Å². The van der Waals surface area contributed by atoms with Gasteiger partial charge in [-0.25, -0.2) is 4.98 Å². The number of hydrazine groups is 1. The summed E-state index contributed by atoms with van der Waals surface area (Å²) in [6, 6.07) is 12.8. The Hall–Kier alpha value is -2.67. The lowest BCUT2D eigenvalue weighted by molar-refractivity contribution is -0.121. The SMILES string of the molecule is CCn1c(C)nc2cc(C(=O)NNC(=O)Cc3ccc(Br)cc3)ccc21. The third-order valence-electron chi connectivity index (χ3n) is 4.11. The quantitative estimate of drug-likeness (QED) is 0.643. The second-order valence-electron chi connectivity index (χ2n) is 5.91. The predicted octanol–water partition coefficient (Wildman–Crippen LogP) is 3.13. The molecule has 7 heteroatoms. The highest BCUT2D eigenvalue weighted by atomic mass is 79.9. The van der Waals surface area contributed by atoms with Crippen LogP contribution in [0.4, 0.5) is 0 Å². The molecule has 0 fully saturated rings. The van der Waals surface area contributed by atoms with Gasteiger partial charge < -0.3 is 4.57 Å². The van der Waals surface area contributed by atoms with Crippen molar-refractivity contribution < 1.29 is 9.59 Å². The maximum atomic E-state index is 12.3.